The normalized spacial score (nSPS) is 13.9. The maximum Gasteiger partial charge on any atom is 0.129 e. The third-order valence-electron chi connectivity index (χ3n) is 3.48. The molecular formula is C17H19ClFNO. The van der Waals surface area contributed by atoms with Gasteiger partial charge in [0.25, 0.3) is 0 Å². The van der Waals surface area contributed by atoms with Crippen LogP contribution in [-0.2, 0) is 0 Å². The van der Waals surface area contributed by atoms with E-state index in [1.807, 2.05) is 31.2 Å². The first-order valence-corrected chi connectivity index (χ1v) is 7.41. The van der Waals surface area contributed by atoms with Crippen molar-refractivity contribution in [3.05, 3.63) is 70.5 Å². The Labute approximate surface area is 129 Å². The van der Waals surface area contributed by atoms with Crippen LogP contribution >= 0.6 is 11.6 Å². The highest BCUT2D eigenvalue weighted by molar-refractivity contribution is 6.30. The van der Waals surface area contributed by atoms with Gasteiger partial charge in [-0.1, -0.05) is 48.9 Å². The summed E-state index contributed by atoms with van der Waals surface area (Å²) in [6.45, 7) is 2.33. The van der Waals surface area contributed by atoms with E-state index in [2.05, 4.69) is 5.32 Å². The van der Waals surface area contributed by atoms with Gasteiger partial charge in [-0.15, -0.1) is 0 Å². The Kier molecular flexibility index (Phi) is 5.74. The van der Waals surface area contributed by atoms with Crippen LogP contribution in [0.2, 0.25) is 5.02 Å². The van der Waals surface area contributed by atoms with Gasteiger partial charge in [0.2, 0.25) is 0 Å². The molecule has 2 aromatic carbocycles. The lowest BCUT2D eigenvalue weighted by atomic mass is 10.0. The van der Waals surface area contributed by atoms with Crippen LogP contribution in [0.5, 0.6) is 0 Å². The van der Waals surface area contributed by atoms with Crippen molar-refractivity contribution in [3.63, 3.8) is 0 Å². The SMILES string of the molecule is CCC(NCC(O)c1ccccc1F)c1cccc(Cl)c1. The second-order valence-electron chi connectivity index (χ2n) is 4.96. The number of aliphatic hydroxyl groups excluding tert-OH is 1. The molecule has 2 rings (SSSR count). The first-order valence-electron chi connectivity index (χ1n) is 7.03. The molecule has 0 aliphatic carbocycles. The van der Waals surface area contributed by atoms with Crippen LogP contribution in [0.3, 0.4) is 0 Å². The van der Waals surface area contributed by atoms with Crippen molar-refractivity contribution in [2.75, 3.05) is 6.54 Å². The highest BCUT2D eigenvalue weighted by atomic mass is 35.5. The summed E-state index contributed by atoms with van der Waals surface area (Å²) in [7, 11) is 0. The monoisotopic (exact) mass is 307 g/mol. The Morgan fingerprint density at radius 2 is 1.95 bits per heavy atom. The topological polar surface area (TPSA) is 32.3 Å². The van der Waals surface area contributed by atoms with Crippen molar-refractivity contribution in [1.29, 1.82) is 0 Å². The van der Waals surface area contributed by atoms with Gasteiger partial charge in [0.05, 0.1) is 6.10 Å². The van der Waals surface area contributed by atoms with E-state index in [0.29, 0.717) is 10.6 Å². The molecule has 0 amide bonds. The van der Waals surface area contributed by atoms with Crippen molar-refractivity contribution < 1.29 is 9.50 Å². The van der Waals surface area contributed by atoms with Crippen LogP contribution in [-0.4, -0.2) is 11.7 Å². The highest BCUT2D eigenvalue weighted by Gasteiger charge is 2.15. The molecule has 0 bridgehead atoms. The Hall–Kier alpha value is -1.42. The Morgan fingerprint density at radius 3 is 2.62 bits per heavy atom. The lowest BCUT2D eigenvalue weighted by Crippen LogP contribution is -2.26. The zero-order valence-electron chi connectivity index (χ0n) is 11.9. The standard InChI is InChI=1S/C17H19ClFNO/c1-2-16(12-6-5-7-13(18)10-12)20-11-17(21)14-8-3-4-9-15(14)19/h3-10,16-17,20-21H,2,11H2,1H3. The first kappa shape index (κ1) is 16.0. The minimum absolute atomic E-state index is 0.0742. The van der Waals surface area contributed by atoms with Crippen molar-refractivity contribution in [2.45, 2.75) is 25.5 Å². The molecule has 2 unspecified atom stereocenters. The summed E-state index contributed by atoms with van der Waals surface area (Å²) in [5.74, 6) is -0.386. The van der Waals surface area contributed by atoms with Gasteiger partial charge in [-0.3, -0.25) is 0 Å². The third-order valence-corrected chi connectivity index (χ3v) is 3.72. The quantitative estimate of drug-likeness (QED) is 0.836. The molecule has 2 aromatic rings. The van der Waals surface area contributed by atoms with Crippen molar-refractivity contribution in [1.82, 2.24) is 5.32 Å². The number of rotatable bonds is 6. The summed E-state index contributed by atoms with van der Waals surface area (Å²) in [4.78, 5) is 0. The summed E-state index contributed by atoms with van der Waals surface area (Å²) in [6.07, 6.45) is -0.0240. The van der Waals surface area contributed by atoms with Crippen LogP contribution < -0.4 is 5.32 Å². The zero-order valence-corrected chi connectivity index (χ0v) is 12.6. The van der Waals surface area contributed by atoms with Crippen molar-refractivity contribution in [2.24, 2.45) is 0 Å². The number of hydrogen-bond acceptors (Lipinski definition) is 2. The van der Waals surface area contributed by atoms with Gasteiger partial charge >= 0.3 is 0 Å². The Bertz CT molecular complexity index is 591. The summed E-state index contributed by atoms with van der Waals surface area (Å²) in [5.41, 5.74) is 1.37. The molecule has 0 aromatic heterocycles. The molecule has 112 valence electrons. The molecule has 0 saturated carbocycles. The van der Waals surface area contributed by atoms with Crippen LogP contribution in [0.1, 0.15) is 36.6 Å². The zero-order chi connectivity index (χ0) is 15.2. The molecule has 0 heterocycles. The van der Waals surface area contributed by atoms with E-state index in [1.54, 1.807) is 18.2 Å². The van der Waals surface area contributed by atoms with Gasteiger partial charge < -0.3 is 10.4 Å². The van der Waals surface area contributed by atoms with E-state index in [-0.39, 0.29) is 18.4 Å². The second-order valence-corrected chi connectivity index (χ2v) is 5.40. The van der Waals surface area contributed by atoms with Crippen LogP contribution in [0.15, 0.2) is 48.5 Å². The predicted molar refractivity (Wildman–Crippen MR) is 83.8 cm³/mol. The van der Waals surface area contributed by atoms with Gasteiger partial charge in [-0.25, -0.2) is 4.39 Å². The van der Waals surface area contributed by atoms with E-state index in [9.17, 15) is 9.50 Å². The maximum atomic E-state index is 13.6. The molecule has 2 atom stereocenters. The van der Waals surface area contributed by atoms with E-state index < -0.39 is 6.10 Å². The van der Waals surface area contributed by atoms with Crippen LogP contribution in [0.25, 0.3) is 0 Å². The van der Waals surface area contributed by atoms with Gasteiger partial charge in [-0.05, 0) is 30.2 Å². The van der Waals surface area contributed by atoms with E-state index >= 15 is 0 Å². The Balaban J connectivity index is 2.02. The molecule has 2 N–H and O–H groups in total. The number of benzene rings is 2. The predicted octanol–water partition coefficient (Wildman–Crippen LogP) is 4.25. The first-order chi connectivity index (χ1) is 10.1. The number of nitrogens with one attached hydrogen (secondary N) is 1. The minimum atomic E-state index is -0.876. The van der Waals surface area contributed by atoms with Gasteiger partial charge in [-0.2, -0.15) is 0 Å². The smallest absolute Gasteiger partial charge is 0.129 e. The molecular weight excluding hydrogens is 289 g/mol. The van der Waals surface area contributed by atoms with Crippen molar-refractivity contribution >= 4 is 11.6 Å². The summed E-state index contributed by atoms with van der Waals surface area (Å²) in [5, 5.41) is 14.1. The number of hydrogen-bond donors (Lipinski definition) is 2. The molecule has 0 spiro atoms. The van der Waals surface area contributed by atoms with E-state index in [1.165, 1.54) is 6.07 Å². The van der Waals surface area contributed by atoms with Crippen LogP contribution in [0, 0.1) is 5.82 Å². The fourth-order valence-corrected chi connectivity index (χ4v) is 2.53. The lowest BCUT2D eigenvalue weighted by Gasteiger charge is -2.20. The third kappa shape index (κ3) is 4.27. The van der Waals surface area contributed by atoms with E-state index in [4.69, 9.17) is 11.6 Å². The van der Waals surface area contributed by atoms with E-state index in [0.717, 1.165) is 12.0 Å². The maximum absolute atomic E-state index is 13.6. The largest absolute Gasteiger partial charge is 0.387 e. The lowest BCUT2D eigenvalue weighted by molar-refractivity contribution is 0.165. The fraction of sp³-hybridized carbons (Fsp3) is 0.294. The molecule has 2 nitrogen and oxygen atoms in total. The second kappa shape index (κ2) is 7.55. The van der Waals surface area contributed by atoms with Crippen LogP contribution in [0.4, 0.5) is 4.39 Å². The number of halogens is 2. The molecule has 21 heavy (non-hydrogen) atoms. The summed E-state index contributed by atoms with van der Waals surface area (Å²) >= 11 is 6.00. The average Bonchev–Trinajstić information content (AvgIpc) is 2.48. The highest BCUT2D eigenvalue weighted by Crippen LogP contribution is 2.22. The van der Waals surface area contributed by atoms with Gasteiger partial charge in [0.1, 0.15) is 5.82 Å². The van der Waals surface area contributed by atoms with Gasteiger partial charge in [0, 0.05) is 23.2 Å². The summed E-state index contributed by atoms with van der Waals surface area (Å²) < 4.78 is 13.6. The average molecular weight is 308 g/mol. The molecule has 0 aliphatic rings. The molecule has 0 radical (unpaired) electrons. The fourth-order valence-electron chi connectivity index (χ4n) is 2.33. The Morgan fingerprint density at radius 1 is 1.19 bits per heavy atom. The van der Waals surface area contributed by atoms with Gasteiger partial charge in [0.15, 0.2) is 0 Å². The minimum Gasteiger partial charge on any atom is -0.387 e. The molecule has 4 heteroatoms. The molecule has 0 aliphatic heterocycles. The molecule has 0 saturated heterocycles. The van der Waals surface area contributed by atoms with Crippen molar-refractivity contribution in [3.8, 4) is 0 Å². The molecule has 0 fully saturated rings. The number of aliphatic hydroxyl groups is 1. The summed E-state index contributed by atoms with van der Waals surface area (Å²) in [6, 6.07) is 14.0.